The van der Waals surface area contributed by atoms with Gasteiger partial charge < -0.3 is 10.4 Å². The second kappa shape index (κ2) is 6.15. The van der Waals surface area contributed by atoms with Crippen LogP contribution in [0.1, 0.15) is 32.5 Å². The van der Waals surface area contributed by atoms with Crippen molar-refractivity contribution in [3.63, 3.8) is 0 Å². The van der Waals surface area contributed by atoms with Crippen LogP contribution in [0.4, 0.5) is 5.00 Å². The van der Waals surface area contributed by atoms with Crippen LogP contribution in [-0.2, 0) is 6.42 Å². The van der Waals surface area contributed by atoms with Gasteiger partial charge in [-0.25, -0.2) is 9.78 Å². The first-order valence-electron chi connectivity index (χ1n) is 5.80. The number of aromatic nitrogens is 1. The van der Waals surface area contributed by atoms with Crippen molar-refractivity contribution in [2.45, 2.75) is 13.3 Å². The Kier molecular flexibility index (Phi) is 4.51. The molecule has 2 N–H and O–H groups in total. The predicted molar refractivity (Wildman–Crippen MR) is 80.5 cm³/mol. The molecular weight excluding hydrogens is 344 g/mol. The molecule has 0 saturated heterocycles. The maximum Gasteiger partial charge on any atom is 0.338 e. The van der Waals surface area contributed by atoms with E-state index < -0.39 is 5.97 Å². The lowest BCUT2D eigenvalue weighted by Gasteiger charge is -2.03. The fraction of sp³-hybridized carbons (Fsp3) is 0.154. The van der Waals surface area contributed by atoms with Gasteiger partial charge in [-0.15, -0.1) is 11.3 Å². The van der Waals surface area contributed by atoms with Gasteiger partial charge in [0.15, 0.2) is 0 Å². The van der Waals surface area contributed by atoms with Crippen molar-refractivity contribution in [3.8, 4) is 0 Å². The molecule has 20 heavy (non-hydrogen) atoms. The summed E-state index contributed by atoms with van der Waals surface area (Å²) in [6, 6.07) is 4.85. The summed E-state index contributed by atoms with van der Waals surface area (Å²) in [5.41, 5.74) is 0.487. The molecule has 104 valence electrons. The van der Waals surface area contributed by atoms with Crippen LogP contribution in [0.3, 0.4) is 0 Å². The number of aromatic carboxylic acids is 1. The topological polar surface area (TPSA) is 79.3 Å². The highest BCUT2D eigenvalue weighted by Gasteiger charge is 2.17. The third-order valence-electron chi connectivity index (χ3n) is 2.58. The van der Waals surface area contributed by atoms with Crippen molar-refractivity contribution >= 4 is 44.1 Å². The molecule has 0 bridgehead atoms. The van der Waals surface area contributed by atoms with E-state index in [-0.39, 0.29) is 11.5 Å². The molecule has 0 atom stereocenters. The van der Waals surface area contributed by atoms with Gasteiger partial charge in [-0.2, -0.15) is 0 Å². The Bertz CT molecular complexity index is 652. The number of nitrogens with zero attached hydrogens (tertiary/aromatic N) is 1. The largest absolute Gasteiger partial charge is 0.478 e. The van der Waals surface area contributed by atoms with Gasteiger partial charge in [0, 0.05) is 11.1 Å². The molecule has 2 aromatic heterocycles. The Labute approximate surface area is 127 Å². The monoisotopic (exact) mass is 354 g/mol. The van der Waals surface area contributed by atoms with Gasteiger partial charge in [0.1, 0.15) is 9.60 Å². The highest BCUT2D eigenvalue weighted by atomic mass is 79.9. The van der Waals surface area contributed by atoms with Gasteiger partial charge >= 0.3 is 5.97 Å². The molecule has 1 amide bonds. The molecule has 2 heterocycles. The first-order valence-corrected chi connectivity index (χ1v) is 7.41. The molecule has 0 aliphatic carbocycles. The van der Waals surface area contributed by atoms with Gasteiger partial charge in [0.05, 0.1) is 11.1 Å². The minimum atomic E-state index is -1.05. The maximum atomic E-state index is 12.0. The van der Waals surface area contributed by atoms with Crippen LogP contribution in [0, 0.1) is 0 Å². The lowest BCUT2D eigenvalue weighted by atomic mass is 10.2. The van der Waals surface area contributed by atoms with Crippen LogP contribution >= 0.6 is 27.3 Å². The summed E-state index contributed by atoms with van der Waals surface area (Å²) in [7, 11) is 0. The average Bonchev–Trinajstić information content (AvgIpc) is 2.82. The number of aryl methyl sites for hydroxylation is 1. The lowest BCUT2D eigenvalue weighted by molar-refractivity contribution is 0.0698. The van der Waals surface area contributed by atoms with E-state index >= 15 is 0 Å². The van der Waals surface area contributed by atoms with Gasteiger partial charge in [0.25, 0.3) is 5.91 Å². The van der Waals surface area contributed by atoms with Crippen molar-refractivity contribution < 1.29 is 14.7 Å². The van der Waals surface area contributed by atoms with Crippen LogP contribution in [0.25, 0.3) is 0 Å². The highest BCUT2D eigenvalue weighted by molar-refractivity contribution is 9.10. The van der Waals surface area contributed by atoms with Gasteiger partial charge in [-0.05, 0) is 40.5 Å². The third-order valence-corrected chi connectivity index (χ3v) is 4.24. The van der Waals surface area contributed by atoms with E-state index in [1.165, 1.54) is 17.5 Å². The van der Waals surface area contributed by atoms with Crippen molar-refractivity contribution in [1.29, 1.82) is 0 Å². The maximum absolute atomic E-state index is 12.0. The molecule has 0 saturated carbocycles. The summed E-state index contributed by atoms with van der Waals surface area (Å²) in [5, 5.41) is 12.1. The van der Waals surface area contributed by atoms with E-state index in [0.717, 1.165) is 11.3 Å². The molecule has 0 fully saturated rings. The summed E-state index contributed by atoms with van der Waals surface area (Å²) in [4.78, 5) is 28.1. The number of pyridine rings is 1. The zero-order valence-electron chi connectivity index (χ0n) is 10.5. The SMILES string of the molecule is CCc1cc(C(=O)O)c(NC(=O)c2ccc(Br)nc2)s1. The summed E-state index contributed by atoms with van der Waals surface area (Å²) < 4.78 is 0.629. The predicted octanol–water partition coefficient (Wildman–Crippen LogP) is 3.42. The van der Waals surface area contributed by atoms with E-state index in [2.05, 4.69) is 26.2 Å². The fourth-order valence-electron chi connectivity index (χ4n) is 1.55. The van der Waals surface area contributed by atoms with E-state index in [0.29, 0.717) is 15.2 Å². The number of hydrogen-bond donors (Lipinski definition) is 2. The second-order valence-electron chi connectivity index (χ2n) is 3.94. The molecule has 0 aliphatic heterocycles. The number of rotatable bonds is 4. The molecule has 0 spiro atoms. The number of carbonyl (C=O) groups excluding carboxylic acids is 1. The molecule has 5 nitrogen and oxygen atoms in total. The van der Waals surface area contributed by atoms with Crippen molar-refractivity contribution in [1.82, 2.24) is 4.98 Å². The molecular formula is C13H11BrN2O3S. The van der Waals surface area contributed by atoms with E-state index in [1.807, 2.05) is 6.92 Å². The number of carboxylic acid groups (broad SMARTS) is 1. The number of nitrogens with one attached hydrogen (secondary N) is 1. The van der Waals surface area contributed by atoms with E-state index in [1.54, 1.807) is 18.2 Å². The van der Waals surface area contributed by atoms with Crippen molar-refractivity contribution in [3.05, 3.63) is 45.0 Å². The van der Waals surface area contributed by atoms with Gasteiger partial charge in [-0.3, -0.25) is 4.79 Å². The molecule has 0 unspecified atom stereocenters. The third kappa shape index (κ3) is 3.23. The second-order valence-corrected chi connectivity index (χ2v) is 5.89. The zero-order chi connectivity index (χ0) is 14.7. The summed E-state index contributed by atoms with van der Waals surface area (Å²) in [6.07, 6.45) is 2.15. The Morgan fingerprint density at radius 2 is 2.20 bits per heavy atom. The zero-order valence-corrected chi connectivity index (χ0v) is 12.9. The first-order chi connectivity index (χ1) is 9.51. The minimum absolute atomic E-state index is 0.116. The molecule has 7 heteroatoms. The number of halogens is 1. The van der Waals surface area contributed by atoms with Gasteiger partial charge in [0.2, 0.25) is 0 Å². The molecule has 2 rings (SSSR count). The average molecular weight is 355 g/mol. The fourth-order valence-corrected chi connectivity index (χ4v) is 2.77. The van der Waals surface area contributed by atoms with Crippen LogP contribution in [0.5, 0.6) is 0 Å². The van der Waals surface area contributed by atoms with Crippen LogP contribution in [-0.4, -0.2) is 22.0 Å². The van der Waals surface area contributed by atoms with Gasteiger partial charge in [-0.1, -0.05) is 6.92 Å². The normalized spacial score (nSPS) is 10.3. The molecule has 0 aliphatic rings. The Hall–Kier alpha value is -1.73. The molecule has 0 radical (unpaired) electrons. The number of carbonyl (C=O) groups is 2. The smallest absolute Gasteiger partial charge is 0.338 e. The quantitative estimate of drug-likeness (QED) is 0.824. The number of hydrogen-bond acceptors (Lipinski definition) is 4. The molecule has 0 aromatic carbocycles. The number of amides is 1. The lowest BCUT2D eigenvalue weighted by Crippen LogP contribution is -2.13. The molecule has 2 aromatic rings. The van der Waals surface area contributed by atoms with E-state index in [9.17, 15) is 9.59 Å². The minimum Gasteiger partial charge on any atom is -0.478 e. The Morgan fingerprint density at radius 3 is 2.75 bits per heavy atom. The Morgan fingerprint density at radius 1 is 1.45 bits per heavy atom. The van der Waals surface area contributed by atoms with Crippen LogP contribution < -0.4 is 5.32 Å². The number of thiophene rings is 1. The standard InChI is InChI=1S/C13H11BrN2O3S/c1-2-8-5-9(13(18)19)12(20-8)16-11(17)7-3-4-10(14)15-6-7/h3-6H,2H2,1H3,(H,16,17)(H,18,19). The van der Waals surface area contributed by atoms with Crippen LogP contribution in [0.15, 0.2) is 29.0 Å². The summed E-state index contributed by atoms with van der Waals surface area (Å²) in [6.45, 7) is 1.93. The van der Waals surface area contributed by atoms with Crippen LogP contribution in [0.2, 0.25) is 0 Å². The first kappa shape index (κ1) is 14.7. The number of anilines is 1. The van der Waals surface area contributed by atoms with Crippen molar-refractivity contribution in [2.24, 2.45) is 0 Å². The Balaban J connectivity index is 2.25. The number of carboxylic acids is 1. The van der Waals surface area contributed by atoms with E-state index in [4.69, 9.17) is 5.11 Å². The van der Waals surface area contributed by atoms with Crippen molar-refractivity contribution in [2.75, 3.05) is 5.32 Å². The summed E-state index contributed by atoms with van der Waals surface area (Å²) >= 11 is 4.46. The summed E-state index contributed by atoms with van der Waals surface area (Å²) in [5.74, 6) is -1.43. The highest BCUT2D eigenvalue weighted by Crippen LogP contribution is 2.29.